The molecule has 0 radical (unpaired) electrons. The molecule has 0 spiro atoms. The average Bonchev–Trinajstić information content (AvgIpc) is 3.15. The van der Waals surface area contributed by atoms with Gasteiger partial charge in [0.2, 0.25) is 11.7 Å². The molecule has 0 bridgehead atoms. The normalized spacial score (nSPS) is 10.5. The molecule has 0 aliphatic heterocycles. The molecule has 1 amide bonds. The summed E-state index contributed by atoms with van der Waals surface area (Å²) in [6.45, 7) is 0.451. The Morgan fingerprint density at radius 2 is 1.76 bits per heavy atom. The van der Waals surface area contributed by atoms with Gasteiger partial charge >= 0.3 is 0 Å². The maximum atomic E-state index is 12.6. The summed E-state index contributed by atoms with van der Waals surface area (Å²) in [5.41, 5.74) is 1.65. The van der Waals surface area contributed by atoms with Crippen molar-refractivity contribution in [2.75, 3.05) is 26.6 Å². The second-order valence-electron chi connectivity index (χ2n) is 6.22. The molecule has 0 saturated heterocycles. The van der Waals surface area contributed by atoms with Crippen molar-refractivity contribution >= 4 is 23.3 Å². The first-order valence-electron chi connectivity index (χ1n) is 8.89. The molecule has 1 N–H and O–H groups in total. The minimum Gasteiger partial charge on any atom is -0.493 e. The van der Waals surface area contributed by atoms with Crippen LogP contribution in [0.15, 0.2) is 48.7 Å². The van der Waals surface area contributed by atoms with Gasteiger partial charge in [0.1, 0.15) is 5.82 Å². The van der Waals surface area contributed by atoms with Gasteiger partial charge in [-0.25, -0.2) is 4.68 Å². The summed E-state index contributed by atoms with van der Waals surface area (Å²) in [4.78, 5) is 12.6. The van der Waals surface area contributed by atoms with Crippen LogP contribution in [0.5, 0.6) is 17.2 Å². The smallest absolute Gasteiger partial charge is 0.229 e. The molecule has 0 unspecified atom stereocenters. The largest absolute Gasteiger partial charge is 0.493 e. The summed E-state index contributed by atoms with van der Waals surface area (Å²) in [6.07, 6.45) is 1.76. The molecule has 0 saturated carbocycles. The van der Waals surface area contributed by atoms with Crippen molar-refractivity contribution in [1.82, 2.24) is 9.78 Å². The maximum Gasteiger partial charge on any atom is 0.229 e. The van der Waals surface area contributed by atoms with E-state index in [-0.39, 0.29) is 12.3 Å². The molecule has 0 aliphatic carbocycles. The number of hydrogen-bond acceptors (Lipinski definition) is 5. The topological polar surface area (TPSA) is 74.6 Å². The second-order valence-corrected chi connectivity index (χ2v) is 6.63. The number of carbonyl (C=O) groups is 1. The minimum absolute atomic E-state index is 0.133. The molecule has 0 atom stereocenters. The van der Waals surface area contributed by atoms with Gasteiger partial charge in [-0.1, -0.05) is 29.8 Å². The Morgan fingerprint density at radius 1 is 1.07 bits per heavy atom. The van der Waals surface area contributed by atoms with Crippen molar-refractivity contribution < 1.29 is 19.0 Å². The number of ether oxygens (including phenoxy) is 3. The van der Waals surface area contributed by atoms with Crippen molar-refractivity contribution in [3.63, 3.8) is 0 Å². The van der Waals surface area contributed by atoms with Crippen molar-refractivity contribution in [2.24, 2.45) is 0 Å². The summed E-state index contributed by atoms with van der Waals surface area (Å²) < 4.78 is 17.7. The summed E-state index contributed by atoms with van der Waals surface area (Å²) in [5, 5.41) is 7.82. The van der Waals surface area contributed by atoms with Gasteiger partial charge in [0.15, 0.2) is 11.5 Å². The number of hydrogen-bond donors (Lipinski definition) is 1. The van der Waals surface area contributed by atoms with Crippen LogP contribution in [-0.4, -0.2) is 37.0 Å². The molecule has 8 heteroatoms. The van der Waals surface area contributed by atoms with Crippen LogP contribution in [0.1, 0.15) is 11.1 Å². The zero-order chi connectivity index (χ0) is 20.8. The number of nitrogens with zero attached hydrogens (tertiary/aromatic N) is 2. The van der Waals surface area contributed by atoms with Gasteiger partial charge in [-0.05, 0) is 29.3 Å². The second kappa shape index (κ2) is 9.34. The molecule has 0 aliphatic rings. The number of benzene rings is 2. The number of aromatic nitrogens is 2. The standard InChI is InChI=1S/C21H22ClN3O4/c1-27-17-10-14(11-18(28-2)21(17)29-3)12-20(26)24-19-8-9-23-25(19)13-15-6-4-5-7-16(15)22/h4-11H,12-13H2,1-3H3,(H,24,26). The van der Waals surface area contributed by atoms with Gasteiger partial charge in [-0.15, -0.1) is 0 Å². The first-order valence-corrected chi connectivity index (χ1v) is 9.27. The lowest BCUT2D eigenvalue weighted by atomic mass is 10.1. The monoisotopic (exact) mass is 415 g/mol. The van der Waals surface area contributed by atoms with Gasteiger partial charge in [-0.2, -0.15) is 5.10 Å². The fourth-order valence-electron chi connectivity index (χ4n) is 2.96. The third kappa shape index (κ3) is 4.81. The van der Waals surface area contributed by atoms with Gasteiger partial charge < -0.3 is 19.5 Å². The minimum atomic E-state index is -0.194. The molecular weight excluding hydrogens is 394 g/mol. The highest BCUT2D eigenvalue weighted by molar-refractivity contribution is 6.31. The van der Waals surface area contributed by atoms with Crippen LogP contribution in [0.25, 0.3) is 0 Å². The van der Waals surface area contributed by atoms with Crippen molar-refractivity contribution in [3.8, 4) is 17.2 Å². The van der Waals surface area contributed by atoms with E-state index < -0.39 is 0 Å². The SMILES string of the molecule is COc1cc(CC(=O)Nc2ccnn2Cc2ccccc2Cl)cc(OC)c1OC. The zero-order valence-corrected chi connectivity index (χ0v) is 17.2. The van der Waals surface area contributed by atoms with Crippen molar-refractivity contribution in [1.29, 1.82) is 0 Å². The highest BCUT2D eigenvalue weighted by Gasteiger charge is 2.16. The van der Waals surface area contributed by atoms with E-state index in [4.69, 9.17) is 25.8 Å². The molecule has 3 rings (SSSR count). The Kier molecular flexibility index (Phi) is 6.61. The molecule has 3 aromatic rings. The third-order valence-electron chi connectivity index (χ3n) is 4.35. The van der Waals surface area contributed by atoms with Crippen LogP contribution in [0.3, 0.4) is 0 Å². The van der Waals surface area contributed by atoms with Crippen molar-refractivity contribution in [2.45, 2.75) is 13.0 Å². The van der Waals surface area contributed by atoms with Crippen LogP contribution in [0.2, 0.25) is 5.02 Å². The van der Waals surface area contributed by atoms with E-state index in [2.05, 4.69) is 10.4 Å². The molecule has 152 valence electrons. The fraction of sp³-hybridized carbons (Fsp3) is 0.238. The number of methoxy groups -OCH3 is 3. The first kappa shape index (κ1) is 20.5. The van der Waals surface area contributed by atoms with E-state index in [1.807, 2.05) is 24.3 Å². The lowest BCUT2D eigenvalue weighted by Gasteiger charge is -2.14. The van der Waals surface area contributed by atoms with E-state index in [0.29, 0.717) is 34.6 Å². The third-order valence-corrected chi connectivity index (χ3v) is 4.72. The van der Waals surface area contributed by atoms with Crippen LogP contribution < -0.4 is 19.5 Å². The Morgan fingerprint density at radius 3 is 2.38 bits per heavy atom. The lowest BCUT2D eigenvalue weighted by molar-refractivity contribution is -0.115. The Bertz CT molecular complexity index is 978. The summed E-state index contributed by atoms with van der Waals surface area (Å²) in [6, 6.07) is 12.8. The number of anilines is 1. The molecule has 1 heterocycles. The Hall–Kier alpha value is -3.19. The molecule has 7 nitrogen and oxygen atoms in total. The number of rotatable bonds is 8. The predicted octanol–water partition coefficient (Wildman–Crippen LogP) is 3.79. The van der Waals surface area contributed by atoms with E-state index in [9.17, 15) is 4.79 Å². The number of nitrogens with one attached hydrogen (secondary N) is 1. The highest BCUT2D eigenvalue weighted by Crippen LogP contribution is 2.38. The molecule has 2 aromatic carbocycles. The zero-order valence-electron chi connectivity index (χ0n) is 16.4. The predicted molar refractivity (Wildman–Crippen MR) is 111 cm³/mol. The quantitative estimate of drug-likeness (QED) is 0.605. The van der Waals surface area contributed by atoms with E-state index >= 15 is 0 Å². The van der Waals surface area contributed by atoms with Crippen LogP contribution >= 0.6 is 11.6 Å². The lowest BCUT2D eigenvalue weighted by Crippen LogP contribution is -2.18. The van der Waals surface area contributed by atoms with Gasteiger partial charge in [-0.3, -0.25) is 4.79 Å². The summed E-state index contributed by atoms with van der Waals surface area (Å²) >= 11 is 6.23. The van der Waals surface area contributed by atoms with Gasteiger partial charge in [0.05, 0.1) is 40.5 Å². The van der Waals surface area contributed by atoms with Crippen LogP contribution in [0, 0.1) is 0 Å². The average molecular weight is 416 g/mol. The summed E-state index contributed by atoms with van der Waals surface area (Å²) in [5.74, 6) is 1.87. The Labute approximate surface area is 174 Å². The molecule has 29 heavy (non-hydrogen) atoms. The van der Waals surface area contributed by atoms with Crippen LogP contribution in [-0.2, 0) is 17.8 Å². The van der Waals surface area contributed by atoms with E-state index in [1.165, 1.54) is 21.3 Å². The first-order chi connectivity index (χ1) is 14.0. The number of carbonyl (C=O) groups excluding carboxylic acids is 1. The Balaban J connectivity index is 1.74. The molecule has 1 aromatic heterocycles. The van der Waals surface area contributed by atoms with Crippen molar-refractivity contribution in [3.05, 3.63) is 64.8 Å². The van der Waals surface area contributed by atoms with E-state index in [0.717, 1.165) is 11.1 Å². The highest BCUT2D eigenvalue weighted by atomic mass is 35.5. The number of halogens is 1. The molecule has 0 fully saturated rings. The van der Waals surface area contributed by atoms with E-state index in [1.54, 1.807) is 29.1 Å². The van der Waals surface area contributed by atoms with Gasteiger partial charge in [0, 0.05) is 11.1 Å². The fourth-order valence-corrected chi connectivity index (χ4v) is 3.16. The summed E-state index contributed by atoms with van der Waals surface area (Å²) in [7, 11) is 4.61. The maximum absolute atomic E-state index is 12.6. The van der Waals surface area contributed by atoms with Crippen LogP contribution in [0.4, 0.5) is 5.82 Å². The number of amides is 1. The molecular formula is C21H22ClN3O4. The van der Waals surface area contributed by atoms with Gasteiger partial charge in [0.25, 0.3) is 0 Å².